The summed E-state index contributed by atoms with van der Waals surface area (Å²) in [6.45, 7) is 2.06. The molecule has 0 spiro atoms. The zero-order valence-electron chi connectivity index (χ0n) is 14.5. The first-order valence-electron chi connectivity index (χ1n) is 9.10. The molecule has 25 heavy (non-hydrogen) atoms. The molecule has 0 radical (unpaired) electrons. The van der Waals surface area contributed by atoms with E-state index < -0.39 is 0 Å². The van der Waals surface area contributed by atoms with E-state index in [1.807, 2.05) is 18.2 Å². The van der Waals surface area contributed by atoms with E-state index in [0.717, 1.165) is 65.9 Å². The molecule has 1 aliphatic rings. The van der Waals surface area contributed by atoms with Gasteiger partial charge in [-0.2, -0.15) is 5.10 Å². The van der Waals surface area contributed by atoms with Gasteiger partial charge < -0.3 is 10.3 Å². The third-order valence-electron chi connectivity index (χ3n) is 4.90. The van der Waals surface area contributed by atoms with Crippen LogP contribution in [0, 0.1) is 0 Å². The Morgan fingerprint density at radius 3 is 2.88 bits per heavy atom. The summed E-state index contributed by atoms with van der Waals surface area (Å²) in [4.78, 5) is 20.5. The Kier molecular flexibility index (Phi) is 4.26. The smallest absolute Gasteiger partial charge is 0.276 e. The molecule has 3 N–H and O–H groups in total. The number of hydrogen-bond acceptors (Lipinski definition) is 3. The fourth-order valence-electron chi connectivity index (χ4n) is 3.52. The van der Waals surface area contributed by atoms with Crippen LogP contribution in [0.5, 0.6) is 0 Å². The Balaban J connectivity index is 1.57. The van der Waals surface area contributed by atoms with E-state index in [1.165, 1.54) is 12.8 Å². The molecule has 0 saturated carbocycles. The van der Waals surface area contributed by atoms with Crippen molar-refractivity contribution in [1.29, 1.82) is 0 Å². The molecule has 0 bridgehead atoms. The number of H-pyrrole nitrogens is 2. The standard InChI is InChI=1S/C19H23N5O/c1-2-17-21-15-10-9-12(11-16(15)22-17)20-19(25)18-13-7-5-3-4-6-8-14(13)23-24-18/h9-11H,2-8H2,1H3,(H,20,25)(H,21,22)(H,23,24). The highest BCUT2D eigenvalue weighted by molar-refractivity contribution is 6.04. The SMILES string of the molecule is CCc1nc2ccc(NC(=O)c3n[nH]c4c3CCCCCC4)cc2[nH]1. The number of aromatic nitrogens is 4. The molecule has 0 atom stereocenters. The first-order valence-corrected chi connectivity index (χ1v) is 9.10. The van der Waals surface area contributed by atoms with Gasteiger partial charge in [-0.25, -0.2) is 4.98 Å². The summed E-state index contributed by atoms with van der Waals surface area (Å²) in [5.74, 6) is 0.805. The number of imidazole rings is 1. The molecule has 0 aliphatic heterocycles. The lowest BCUT2D eigenvalue weighted by atomic mass is 9.97. The third kappa shape index (κ3) is 3.16. The quantitative estimate of drug-likeness (QED) is 0.680. The van der Waals surface area contributed by atoms with E-state index in [-0.39, 0.29) is 5.91 Å². The molecule has 0 fully saturated rings. The summed E-state index contributed by atoms with van der Waals surface area (Å²) in [5.41, 5.74) is 5.36. The fourth-order valence-corrected chi connectivity index (χ4v) is 3.52. The minimum Gasteiger partial charge on any atom is -0.342 e. The van der Waals surface area contributed by atoms with Crippen LogP contribution in [0.1, 0.15) is 60.2 Å². The molecule has 6 heteroatoms. The summed E-state index contributed by atoms with van der Waals surface area (Å²) in [6, 6.07) is 5.74. The lowest BCUT2D eigenvalue weighted by Gasteiger charge is -2.10. The van der Waals surface area contributed by atoms with Gasteiger partial charge in [0.2, 0.25) is 0 Å². The molecular weight excluding hydrogens is 314 g/mol. The number of fused-ring (bicyclic) bond motifs is 2. The van der Waals surface area contributed by atoms with Crippen LogP contribution in [0.4, 0.5) is 5.69 Å². The molecular formula is C19H23N5O. The van der Waals surface area contributed by atoms with Crippen molar-refractivity contribution in [3.8, 4) is 0 Å². The molecule has 1 aliphatic carbocycles. The maximum Gasteiger partial charge on any atom is 0.276 e. The van der Waals surface area contributed by atoms with Crippen molar-refractivity contribution in [2.24, 2.45) is 0 Å². The van der Waals surface area contributed by atoms with Crippen LogP contribution in [-0.2, 0) is 19.3 Å². The van der Waals surface area contributed by atoms with Crippen molar-refractivity contribution in [1.82, 2.24) is 20.2 Å². The second-order valence-corrected chi connectivity index (χ2v) is 6.67. The van der Waals surface area contributed by atoms with Crippen LogP contribution in [-0.4, -0.2) is 26.1 Å². The molecule has 1 amide bonds. The first kappa shape index (κ1) is 15.9. The number of anilines is 1. The molecule has 2 heterocycles. The van der Waals surface area contributed by atoms with Gasteiger partial charge in [0.05, 0.1) is 11.0 Å². The average Bonchev–Trinajstić information content (AvgIpc) is 3.17. The predicted molar refractivity (Wildman–Crippen MR) is 97.9 cm³/mol. The van der Waals surface area contributed by atoms with Gasteiger partial charge in [0.1, 0.15) is 5.82 Å². The van der Waals surface area contributed by atoms with Gasteiger partial charge in [-0.3, -0.25) is 9.89 Å². The summed E-state index contributed by atoms with van der Waals surface area (Å²) >= 11 is 0. The third-order valence-corrected chi connectivity index (χ3v) is 4.90. The number of aryl methyl sites for hydroxylation is 2. The van der Waals surface area contributed by atoms with Gasteiger partial charge in [-0.05, 0) is 43.9 Å². The maximum atomic E-state index is 12.7. The van der Waals surface area contributed by atoms with Crippen LogP contribution in [0.3, 0.4) is 0 Å². The van der Waals surface area contributed by atoms with Gasteiger partial charge in [0, 0.05) is 23.4 Å². The summed E-state index contributed by atoms with van der Waals surface area (Å²) in [7, 11) is 0. The highest BCUT2D eigenvalue weighted by atomic mass is 16.1. The van der Waals surface area contributed by atoms with E-state index in [9.17, 15) is 4.79 Å². The van der Waals surface area contributed by atoms with E-state index in [1.54, 1.807) is 0 Å². The van der Waals surface area contributed by atoms with E-state index in [2.05, 4.69) is 32.4 Å². The van der Waals surface area contributed by atoms with Crippen molar-refractivity contribution in [3.05, 3.63) is 41.0 Å². The molecule has 4 rings (SSSR count). The summed E-state index contributed by atoms with van der Waals surface area (Å²) in [6.07, 6.45) is 7.52. The number of rotatable bonds is 3. The van der Waals surface area contributed by atoms with Gasteiger partial charge >= 0.3 is 0 Å². The lowest BCUT2D eigenvalue weighted by molar-refractivity contribution is 0.102. The number of nitrogens with zero attached hydrogens (tertiary/aromatic N) is 2. The Labute approximate surface area is 146 Å². The molecule has 1 aromatic carbocycles. The lowest BCUT2D eigenvalue weighted by Crippen LogP contribution is -2.15. The Hall–Kier alpha value is -2.63. The van der Waals surface area contributed by atoms with Gasteiger partial charge in [0.25, 0.3) is 5.91 Å². The van der Waals surface area contributed by atoms with Crippen LogP contribution < -0.4 is 5.32 Å². The first-order chi connectivity index (χ1) is 12.2. The number of aromatic amines is 2. The number of carbonyl (C=O) groups excluding carboxylic acids is 1. The van der Waals surface area contributed by atoms with Gasteiger partial charge in [-0.15, -0.1) is 0 Å². The Bertz CT molecular complexity index is 908. The number of benzene rings is 1. The monoisotopic (exact) mass is 337 g/mol. The van der Waals surface area contributed by atoms with Crippen LogP contribution >= 0.6 is 0 Å². The number of hydrogen-bond donors (Lipinski definition) is 3. The average molecular weight is 337 g/mol. The molecule has 3 aromatic rings. The highest BCUT2D eigenvalue weighted by Crippen LogP contribution is 2.23. The van der Waals surface area contributed by atoms with Crippen molar-refractivity contribution in [2.45, 2.75) is 51.9 Å². The minimum atomic E-state index is -0.146. The number of nitrogens with one attached hydrogen (secondary N) is 3. The zero-order chi connectivity index (χ0) is 17.2. The van der Waals surface area contributed by atoms with Crippen molar-refractivity contribution in [3.63, 3.8) is 0 Å². The minimum absolute atomic E-state index is 0.146. The highest BCUT2D eigenvalue weighted by Gasteiger charge is 2.20. The predicted octanol–water partition coefficient (Wildman–Crippen LogP) is 3.76. The second kappa shape index (κ2) is 6.70. The van der Waals surface area contributed by atoms with E-state index >= 15 is 0 Å². The molecule has 0 saturated heterocycles. The maximum absolute atomic E-state index is 12.7. The molecule has 130 valence electrons. The largest absolute Gasteiger partial charge is 0.342 e. The van der Waals surface area contributed by atoms with Crippen molar-refractivity contribution in [2.75, 3.05) is 5.32 Å². The summed E-state index contributed by atoms with van der Waals surface area (Å²) < 4.78 is 0. The second-order valence-electron chi connectivity index (χ2n) is 6.67. The van der Waals surface area contributed by atoms with Crippen LogP contribution in [0.25, 0.3) is 11.0 Å². The normalized spacial score (nSPS) is 14.8. The fraction of sp³-hybridized carbons (Fsp3) is 0.421. The zero-order valence-corrected chi connectivity index (χ0v) is 14.5. The number of amides is 1. The number of carbonyl (C=O) groups is 1. The van der Waals surface area contributed by atoms with Crippen molar-refractivity contribution < 1.29 is 4.79 Å². The topological polar surface area (TPSA) is 86.5 Å². The van der Waals surface area contributed by atoms with Crippen LogP contribution in [0.2, 0.25) is 0 Å². The van der Waals surface area contributed by atoms with Gasteiger partial charge in [0.15, 0.2) is 5.69 Å². The van der Waals surface area contributed by atoms with Crippen molar-refractivity contribution >= 4 is 22.6 Å². The van der Waals surface area contributed by atoms with Crippen LogP contribution in [0.15, 0.2) is 18.2 Å². The molecule has 6 nitrogen and oxygen atoms in total. The summed E-state index contributed by atoms with van der Waals surface area (Å²) in [5, 5.41) is 10.4. The Morgan fingerprint density at radius 2 is 2.04 bits per heavy atom. The Morgan fingerprint density at radius 1 is 1.20 bits per heavy atom. The molecule has 0 unspecified atom stereocenters. The van der Waals surface area contributed by atoms with E-state index in [0.29, 0.717) is 5.69 Å². The van der Waals surface area contributed by atoms with E-state index in [4.69, 9.17) is 0 Å². The van der Waals surface area contributed by atoms with Gasteiger partial charge in [-0.1, -0.05) is 19.8 Å². The molecule has 2 aromatic heterocycles.